The third kappa shape index (κ3) is 5.04. The number of fused-ring (bicyclic) bond motifs is 3. The van der Waals surface area contributed by atoms with Gasteiger partial charge in [0, 0.05) is 28.9 Å². The number of nitrogens with zero attached hydrogens (tertiary/aromatic N) is 3. The summed E-state index contributed by atoms with van der Waals surface area (Å²) in [6.07, 6.45) is 6.63. The van der Waals surface area contributed by atoms with Crippen molar-refractivity contribution < 1.29 is 14.3 Å². The Bertz CT molecular complexity index is 1920. The van der Waals surface area contributed by atoms with Crippen LogP contribution in [0.4, 0.5) is 11.4 Å². The van der Waals surface area contributed by atoms with E-state index < -0.39 is 0 Å². The van der Waals surface area contributed by atoms with Gasteiger partial charge in [-0.2, -0.15) is 5.10 Å². The number of amides is 1. The summed E-state index contributed by atoms with van der Waals surface area (Å²) in [5.41, 5.74) is 8.95. The Morgan fingerprint density at radius 3 is 2.73 bits per heavy atom. The number of aliphatic imine (C=N–C) groups is 1. The lowest BCUT2D eigenvalue weighted by Crippen LogP contribution is -2.20. The van der Waals surface area contributed by atoms with Crippen LogP contribution in [0.5, 0.6) is 11.5 Å². The number of amidine groups is 1. The Morgan fingerprint density at radius 2 is 1.80 bits per heavy atom. The highest BCUT2D eigenvalue weighted by atomic mass is 16.7. The lowest BCUT2D eigenvalue weighted by atomic mass is 9.87. The zero-order valence-electron chi connectivity index (χ0n) is 24.2. The van der Waals surface area contributed by atoms with Crippen LogP contribution in [0.3, 0.4) is 0 Å². The van der Waals surface area contributed by atoms with Crippen LogP contribution >= 0.6 is 0 Å². The van der Waals surface area contributed by atoms with Crippen molar-refractivity contribution in [2.45, 2.75) is 45.1 Å². The van der Waals surface area contributed by atoms with Crippen molar-refractivity contribution >= 4 is 34.2 Å². The number of H-pyrrole nitrogens is 1. The van der Waals surface area contributed by atoms with Gasteiger partial charge in [-0.3, -0.25) is 14.9 Å². The molecular weight excluding hydrogens is 552 g/mol. The van der Waals surface area contributed by atoms with Gasteiger partial charge in [0.2, 0.25) is 12.7 Å². The summed E-state index contributed by atoms with van der Waals surface area (Å²) in [5, 5.41) is 14.3. The van der Waals surface area contributed by atoms with E-state index in [4.69, 9.17) is 19.5 Å². The smallest absolute Gasteiger partial charge is 0.231 e. The van der Waals surface area contributed by atoms with Crippen molar-refractivity contribution in [3.63, 3.8) is 0 Å². The summed E-state index contributed by atoms with van der Waals surface area (Å²) in [6.45, 7) is 0.746. The molecule has 1 fully saturated rings. The molecule has 8 rings (SSSR count). The van der Waals surface area contributed by atoms with E-state index in [1.54, 1.807) is 0 Å². The molecule has 3 aromatic carbocycles. The first kappa shape index (κ1) is 26.4. The second kappa shape index (κ2) is 11.1. The molecule has 0 atom stereocenters. The largest absolute Gasteiger partial charge is 0.454 e. The van der Waals surface area contributed by atoms with Crippen LogP contribution in [-0.4, -0.2) is 33.7 Å². The molecule has 9 heteroatoms. The molecule has 9 nitrogen and oxygen atoms in total. The van der Waals surface area contributed by atoms with Crippen LogP contribution in [-0.2, 0) is 11.3 Å². The Balaban J connectivity index is 1.04. The standard InChI is InChI=1S/C35H32N6O3/c42-32(16-21-6-2-1-3-7-21)37-24-9-4-8-23(17-24)27-13-14-29-33(38-27)34(41-40-29)35-36-19-26-25(10-5-11-28(26)39-35)22-12-15-30-31(18-22)44-20-43-30/h4-5,8-15,17-18,21H,1-3,6-7,16,19-20H2,(H,36,39)(H,37,42)(H,40,41). The predicted molar refractivity (Wildman–Crippen MR) is 171 cm³/mol. The number of hydrogen-bond acceptors (Lipinski definition) is 7. The first-order chi connectivity index (χ1) is 21.7. The van der Waals surface area contributed by atoms with Crippen LogP contribution in [0.2, 0.25) is 0 Å². The van der Waals surface area contributed by atoms with E-state index in [0.29, 0.717) is 30.4 Å². The maximum atomic E-state index is 12.8. The topological polar surface area (TPSA) is 114 Å². The van der Waals surface area contributed by atoms with Crippen molar-refractivity contribution in [1.82, 2.24) is 15.2 Å². The SMILES string of the molecule is O=C(CC1CCCCC1)Nc1cccc(-c2ccc3[nH]nc(C4=NCc5c(cccc5-c5ccc6c(c5)OCO6)N4)c3n2)c1. The van der Waals surface area contributed by atoms with Gasteiger partial charge in [0.05, 0.1) is 17.8 Å². The number of anilines is 2. The lowest BCUT2D eigenvalue weighted by Gasteiger charge is -2.21. The summed E-state index contributed by atoms with van der Waals surface area (Å²) in [5.74, 6) is 2.76. The van der Waals surface area contributed by atoms with E-state index in [0.717, 1.165) is 74.7 Å². The number of rotatable bonds is 6. The first-order valence-corrected chi connectivity index (χ1v) is 15.3. The predicted octanol–water partition coefficient (Wildman–Crippen LogP) is 7.30. The van der Waals surface area contributed by atoms with E-state index in [9.17, 15) is 4.79 Å². The van der Waals surface area contributed by atoms with E-state index in [2.05, 4.69) is 33.0 Å². The normalized spacial score (nSPS) is 15.9. The molecule has 44 heavy (non-hydrogen) atoms. The van der Waals surface area contributed by atoms with Gasteiger partial charge in [-0.15, -0.1) is 0 Å². The van der Waals surface area contributed by atoms with E-state index >= 15 is 0 Å². The Labute approximate surface area is 254 Å². The Kier molecular flexibility index (Phi) is 6.70. The first-order valence-electron chi connectivity index (χ1n) is 15.3. The highest BCUT2D eigenvalue weighted by Gasteiger charge is 2.23. The van der Waals surface area contributed by atoms with Gasteiger partial charge in [-0.1, -0.05) is 49.6 Å². The van der Waals surface area contributed by atoms with Crippen LogP contribution in [0.15, 0.2) is 77.8 Å². The molecule has 4 heterocycles. The number of benzene rings is 3. The molecule has 5 aromatic rings. The van der Waals surface area contributed by atoms with E-state index in [1.807, 2.05) is 60.7 Å². The second-order valence-electron chi connectivity index (χ2n) is 11.7. The summed E-state index contributed by atoms with van der Waals surface area (Å²) in [7, 11) is 0. The molecule has 0 saturated heterocycles. The highest BCUT2D eigenvalue weighted by molar-refractivity contribution is 6.14. The molecule has 3 N–H and O–H groups in total. The van der Waals surface area contributed by atoms with Gasteiger partial charge in [0.15, 0.2) is 23.0 Å². The molecule has 3 aliphatic rings. The molecular formula is C35H32N6O3. The van der Waals surface area contributed by atoms with E-state index in [1.165, 1.54) is 19.3 Å². The maximum Gasteiger partial charge on any atom is 0.231 e. The fourth-order valence-corrected chi connectivity index (χ4v) is 6.51. The van der Waals surface area contributed by atoms with Crippen LogP contribution in [0.1, 0.15) is 49.8 Å². The fourth-order valence-electron chi connectivity index (χ4n) is 6.51. The minimum absolute atomic E-state index is 0.0814. The second-order valence-corrected chi connectivity index (χ2v) is 11.7. The van der Waals surface area contributed by atoms with Gasteiger partial charge in [-0.25, -0.2) is 4.98 Å². The molecule has 220 valence electrons. The third-order valence-electron chi connectivity index (χ3n) is 8.78. The Hall–Kier alpha value is -5.18. The number of carbonyl (C=O) groups is 1. The number of hydrogen-bond donors (Lipinski definition) is 3. The zero-order chi connectivity index (χ0) is 29.5. The van der Waals surface area contributed by atoms with Crippen LogP contribution in [0.25, 0.3) is 33.4 Å². The minimum Gasteiger partial charge on any atom is -0.454 e. The number of aromatic amines is 1. The summed E-state index contributed by atoms with van der Waals surface area (Å²) in [6, 6.07) is 24.0. The van der Waals surface area contributed by atoms with Crippen LogP contribution < -0.4 is 20.1 Å². The molecule has 1 aliphatic carbocycles. The van der Waals surface area contributed by atoms with E-state index in [-0.39, 0.29) is 12.7 Å². The summed E-state index contributed by atoms with van der Waals surface area (Å²) in [4.78, 5) is 22.6. The minimum atomic E-state index is 0.0814. The number of ether oxygens (including phenoxy) is 2. The summed E-state index contributed by atoms with van der Waals surface area (Å²) >= 11 is 0. The number of carbonyl (C=O) groups excluding carboxylic acids is 1. The molecule has 2 aromatic heterocycles. The van der Waals surface area contributed by atoms with Crippen molar-refractivity contribution in [2.75, 3.05) is 17.4 Å². The van der Waals surface area contributed by atoms with Gasteiger partial charge in [0.25, 0.3) is 0 Å². The number of nitrogens with one attached hydrogen (secondary N) is 3. The molecule has 0 spiro atoms. The Morgan fingerprint density at radius 1 is 0.909 bits per heavy atom. The average Bonchev–Trinajstić information content (AvgIpc) is 3.71. The fraction of sp³-hybridized carbons (Fsp3) is 0.257. The highest BCUT2D eigenvalue weighted by Crippen LogP contribution is 2.39. The molecule has 0 bridgehead atoms. The van der Waals surface area contributed by atoms with Gasteiger partial charge in [0.1, 0.15) is 5.52 Å². The average molecular weight is 585 g/mol. The van der Waals surface area contributed by atoms with Gasteiger partial charge < -0.3 is 20.1 Å². The van der Waals surface area contributed by atoms with Crippen molar-refractivity contribution in [3.8, 4) is 33.9 Å². The van der Waals surface area contributed by atoms with Crippen LogP contribution in [0, 0.1) is 5.92 Å². The van der Waals surface area contributed by atoms with Gasteiger partial charge in [-0.05, 0) is 72.4 Å². The van der Waals surface area contributed by atoms with Gasteiger partial charge >= 0.3 is 0 Å². The molecule has 2 aliphatic heterocycles. The lowest BCUT2D eigenvalue weighted by molar-refractivity contribution is -0.117. The monoisotopic (exact) mass is 584 g/mol. The molecule has 0 radical (unpaired) electrons. The van der Waals surface area contributed by atoms with Crippen molar-refractivity contribution in [3.05, 3.63) is 84.1 Å². The number of aromatic nitrogens is 3. The third-order valence-corrected chi connectivity index (χ3v) is 8.78. The molecule has 1 saturated carbocycles. The zero-order valence-corrected chi connectivity index (χ0v) is 24.2. The van der Waals surface area contributed by atoms with Crippen molar-refractivity contribution in [2.24, 2.45) is 10.9 Å². The quantitative estimate of drug-likeness (QED) is 0.193. The summed E-state index contributed by atoms with van der Waals surface area (Å²) < 4.78 is 11.1. The van der Waals surface area contributed by atoms with Crippen molar-refractivity contribution in [1.29, 1.82) is 0 Å². The number of pyridine rings is 1. The molecule has 1 amide bonds. The molecule has 0 unspecified atom stereocenters. The maximum absolute atomic E-state index is 12.8.